The van der Waals surface area contributed by atoms with E-state index >= 15 is 0 Å². The van der Waals surface area contributed by atoms with Crippen molar-refractivity contribution in [2.45, 2.75) is 37.3 Å². The Hall–Kier alpha value is -4.25. The molecule has 1 aliphatic rings. The van der Waals surface area contributed by atoms with E-state index in [1.165, 1.54) is 24.3 Å². The maximum atomic E-state index is 13.2. The van der Waals surface area contributed by atoms with Gasteiger partial charge in [0.25, 0.3) is 0 Å². The zero-order chi connectivity index (χ0) is 29.2. The fraction of sp³-hybridized carbons (Fsp3) is 0.267. The number of hydrogen-bond donors (Lipinski definition) is 0. The molecule has 1 heterocycles. The Morgan fingerprint density at radius 2 is 1.24 bits per heavy atom. The molecule has 0 aromatic heterocycles. The van der Waals surface area contributed by atoms with Crippen molar-refractivity contribution in [3.63, 3.8) is 0 Å². The van der Waals surface area contributed by atoms with Crippen LogP contribution in [-0.2, 0) is 44.6 Å². The molecule has 1 saturated heterocycles. The third kappa shape index (κ3) is 7.69. The Labute approximate surface area is 241 Å². The number of ether oxygens (including phenoxy) is 6. The summed E-state index contributed by atoms with van der Waals surface area (Å²) < 4.78 is 33.7. The van der Waals surface area contributed by atoms with Crippen LogP contribution < -0.4 is 0 Å². The van der Waals surface area contributed by atoms with E-state index < -0.39 is 60.5 Å². The summed E-state index contributed by atoms with van der Waals surface area (Å²) >= 11 is 5.69. The average molecular weight is 583 g/mol. The van der Waals surface area contributed by atoms with Crippen LogP contribution >= 0.6 is 11.6 Å². The van der Waals surface area contributed by atoms with Crippen LogP contribution in [0.1, 0.15) is 26.3 Å². The van der Waals surface area contributed by atoms with Gasteiger partial charge < -0.3 is 28.4 Å². The summed E-state index contributed by atoms with van der Waals surface area (Å²) in [6.07, 6.45) is -7.62. The lowest BCUT2D eigenvalue weighted by Crippen LogP contribution is -2.64. The van der Waals surface area contributed by atoms with Gasteiger partial charge in [-0.25, -0.2) is 14.4 Å². The first-order chi connectivity index (χ1) is 19.9. The van der Waals surface area contributed by atoms with E-state index in [4.69, 9.17) is 40.0 Å². The Bertz CT molecular complexity index is 1320. The number of carbonyl (C=O) groups is 4. The zero-order valence-corrected chi connectivity index (χ0v) is 22.7. The Morgan fingerprint density at radius 3 is 1.78 bits per heavy atom. The molecule has 3 aromatic carbocycles. The second-order valence-corrected chi connectivity index (χ2v) is 9.07. The monoisotopic (exact) mass is 582 g/mol. The van der Waals surface area contributed by atoms with Gasteiger partial charge in [0.15, 0.2) is 18.3 Å². The van der Waals surface area contributed by atoms with Crippen LogP contribution in [0.2, 0.25) is 0 Å². The number of halogens is 1. The summed E-state index contributed by atoms with van der Waals surface area (Å²) in [5, 5.41) is 0. The minimum Gasteiger partial charge on any atom is -0.467 e. The molecule has 0 bridgehead atoms. The number of esters is 4. The SMILES string of the molecule is COC(=O)[C@@H]1O[C@H](OC(=O)c2ccccc2)[C@H](OC(=O)c2ccccc2)[C@@H](OCc2ccccc2)[C@@H]1OC(=O)CCl. The molecule has 41 heavy (non-hydrogen) atoms. The number of alkyl halides is 1. The van der Waals surface area contributed by atoms with Crippen LogP contribution in [0, 0.1) is 0 Å². The molecular weight excluding hydrogens is 556 g/mol. The van der Waals surface area contributed by atoms with E-state index in [0.717, 1.165) is 12.7 Å². The molecule has 10 nitrogen and oxygen atoms in total. The van der Waals surface area contributed by atoms with Gasteiger partial charge in [-0.3, -0.25) is 4.79 Å². The van der Waals surface area contributed by atoms with Gasteiger partial charge in [-0.2, -0.15) is 0 Å². The predicted octanol–water partition coefficient (Wildman–Crippen LogP) is 3.70. The Balaban J connectivity index is 1.74. The summed E-state index contributed by atoms with van der Waals surface area (Å²) in [5.41, 5.74) is 1.09. The lowest BCUT2D eigenvalue weighted by molar-refractivity contribution is -0.290. The van der Waals surface area contributed by atoms with Gasteiger partial charge in [-0.15, -0.1) is 11.6 Å². The van der Waals surface area contributed by atoms with Gasteiger partial charge in [0.1, 0.15) is 12.0 Å². The zero-order valence-electron chi connectivity index (χ0n) is 21.9. The molecule has 1 aliphatic heterocycles. The van der Waals surface area contributed by atoms with Crippen molar-refractivity contribution in [3.8, 4) is 0 Å². The number of rotatable bonds is 10. The third-order valence-electron chi connectivity index (χ3n) is 6.08. The average Bonchev–Trinajstić information content (AvgIpc) is 3.02. The molecule has 11 heteroatoms. The van der Waals surface area contributed by atoms with Crippen LogP contribution in [-0.4, -0.2) is 67.6 Å². The number of benzene rings is 3. The first kappa shape index (κ1) is 29.7. The van der Waals surface area contributed by atoms with Gasteiger partial charge in [-0.05, 0) is 29.8 Å². The van der Waals surface area contributed by atoms with Crippen LogP contribution in [0.3, 0.4) is 0 Å². The molecule has 0 saturated carbocycles. The van der Waals surface area contributed by atoms with Crippen LogP contribution in [0.5, 0.6) is 0 Å². The van der Waals surface area contributed by atoms with Crippen molar-refractivity contribution >= 4 is 35.5 Å². The second-order valence-electron chi connectivity index (χ2n) is 8.80. The van der Waals surface area contributed by atoms with Crippen molar-refractivity contribution in [1.29, 1.82) is 0 Å². The molecule has 0 N–H and O–H groups in total. The van der Waals surface area contributed by atoms with Gasteiger partial charge in [0.05, 0.1) is 24.8 Å². The quantitative estimate of drug-likeness (QED) is 0.198. The molecule has 3 aromatic rings. The molecule has 1 fully saturated rings. The first-order valence-corrected chi connectivity index (χ1v) is 13.1. The smallest absolute Gasteiger partial charge is 0.340 e. The van der Waals surface area contributed by atoms with E-state index in [-0.39, 0.29) is 17.7 Å². The van der Waals surface area contributed by atoms with E-state index in [1.807, 2.05) is 6.07 Å². The van der Waals surface area contributed by atoms with Crippen molar-refractivity contribution in [2.75, 3.05) is 13.0 Å². The highest BCUT2D eigenvalue weighted by Gasteiger charge is 2.55. The van der Waals surface area contributed by atoms with Gasteiger partial charge in [0, 0.05) is 0 Å². The van der Waals surface area contributed by atoms with Gasteiger partial charge >= 0.3 is 23.9 Å². The molecule has 0 spiro atoms. The largest absolute Gasteiger partial charge is 0.467 e. The second kappa shape index (κ2) is 14.4. The van der Waals surface area contributed by atoms with Crippen LogP contribution in [0.25, 0.3) is 0 Å². The number of hydrogen-bond acceptors (Lipinski definition) is 10. The molecular formula is C30H27ClO10. The lowest BCUT2D eigenvalue weighted by atomic mass is 9.97. The Morgan fingerprint density at radius 1 is 0.707 bits per heavy atom. The molecule has 4 rings (SSSR count). The summed E-state index contributed by atoms with van der Waals surface area (Å²) in [7, 11) is 1.11. The molecule has 0 aliphatic carbocycles. The highest BCUT2D eigenvalue weighted by molar-refractivity contribution is 6.26. The lowest BCUT2D eigenvalue weighted by Gasteiger charge is -2.43. The molecule has 5 atom stereocenters. The summed E-state index contributed by atoms with van der Waals surface area (Å²) in [6.45, 7) is -0.0485. The van der Waals surface area contributed by atoms with E-state index in [9.17, 15) is 19.2 Å². The number of methoxy groups -OCH3 is 1. The first-order valence-electron chi connectivity index (χ1n) is 12.6. The normalized spacial score (nSPS) is 21.8. The molecule has 0 amide bonds. The van der Waals surface area contributed by atoms with E-state index in [1.54, 1.807) is 60.7 Å². The van der Waals surface area contributed by atoms with Crippen molar-refractivity contribution in [2.24, 2.45) is 0 Å². The van der Waals surface area contributed by atoms with Gasteiger partial charge in [0.2, 0.25) is 6.29 Å². The third-order valence-corrected chi connectivity index (χ3v) is 6.29. The molecule has 0 unspecified atom stereocenters. The summed E-state index contributed by atoms with van der Waals surface area (Å²) in [6, 6.07) is 25.1. The van der Waals surface area contributed by atoms with E-state index in [0.29, 0.717) is 0 Å². The number of carbonyl (C=O) groups excluding carboxylic acids is 4. The van der Waals surface area contributed by atoms with Gasteiger partial charge in [-0.1, -0.05) is 66.7 Å². The van der Waals surface area contributed by atoms with Crippen molar-refractivity contribution < 1.29 is 47.6 Å². The summed E-state index contributed by atoms with van der Waals surface area (Å²) in [4.78, 5) is 51.4. The fourth-order valence-electron chi connectivity index (χ4n) is 4.12. The van der Waals surface area contributed by atoms with Crippen molar-refractivity contribution in [1.82, 2.24) is 0 Å². The Kier molecular flexibility index (Phi) is 10.4. The highest BCUT2D eigenvalue weighted by Crippen LogP contribution is 2.32. The maximum absolute atomic E-state index is 13.2. The van der Waals surface area contributed by atoms with Crippen LogP contribution in [0.15, 0.2) is 91.0 Å². The molecule has 214 valence electrons. The highest BCUT2D eigenvalue weighted by atomic mass is 35.5. The fourth-order valence-corrected chi connectivity index (χ4v) is 4.18. The summed E-state index contributed by atoms with van der Waals surface area (Å²) in [5.74, 6) is -4.00. The topological polar surface area (TPSA) is 124 Å². The maximum Gasteiger partial charge on any atom is 0.340 e. The minimum absolute atomic E-state index is 0.0485. The minimum atomic E-state index is -1.66. The molecule has 0 radical (unpaired) electrons. The standard InChI is InChI=1S/C30H27ClO10/c1-36-29(35)25-24(38-22(32)17-31)23(37-18-19-11-5-2-6-12-19)26(39-27(33)20-13-7-3-8-14-20)30(40-25)41-28(34)21-15-9-4-10-16-21/h2-16,23-26,30H,17-18H2,1H3/t23-,24-,25+,26+,30+/m0/s1. The van der Waals surface area contributed by atoms with E-state index in [2.05, 4.69) is 0 Å². The van der Waals surface area contributed by atoms with Crippen molar-refractivity contribution in [3.05, 3.63) is 108 Å². The van der Waals surface area contributed by atoms with Crippen LogP contribution in [0.4, 0.5) is 0 Å². The predicted molar refractivity (Wildman–Crippen MR) is 144 cm³/mol.